The monoisotopic (exact) mass is 294 g/mol. The van der Waals surface area contributed by atoms with Gasteiger partial charge in [-0.05, 0) is 35.9 Å². The Hall–Kier alpha value is -3.13. The van der Waals surface area contributed by atoms with Crippen molar-refractivity contribution in [3.8, 4) is 11.8 Å². The Balaban J connectivity index is 2.01. The van der Waals surface area contributed by atoms with Gasteiger partial charge in [0.15, 0.2) is 0 Å². The fourth-order valence-corrected chi connectivity index (χ4v) is 1.72. The Morgan fingerprint density at radius 2 is 2.18 bits per heavy atom. The van der Waals surface area contributed by atoms with Gasteiger partial charge in [0.25, 0.3) is 0 Å². The largest absolute Gasteiger partial charge is 0.493 e. The Morgan fingerprint density at radius 1 is 1.32 bits per heavy atom. The number of ether oxygens (including phenoxy) is 1. The summed E-state index contributed by atoms with van der Waals surface area (Å²) < 4.78 is 5.37. The molecular formula is C17H14N2O3. The van der Waals surface area contributed by atoms with Crippen LogP contribution in [0.3, 0.4) is 0 Å². The molecule has 0 saturated heterocycles. The SMILES string of the molecule is N#Cc1ccc(/C=C/c2cccc(OCCC(=O)O)c2)nc1. The van der Waals surface area contributed by atoms with Crippen molar-refractivity contribution in [2.45, 2.75) is 6.42 Å². The second kappa shape index (κ2) is 7.60. The maximum Gasteiger partial charge on any atom is 0.306 e. The molecule has 1 N–H and O–H groups in total. The summed E-state index contributed by atoms with van der Waals surface area (Å²) in [6.07, 6.45) is 5.19. The second-order valence-corrected chi connectivity index (χ2v) is 4.48. The van der Waals surface area contributed by atoms with Crippen LogP contribution in [0, 0.1) is 11.3 Å². The first-order chi connectivity index (χ1) is 10.7. The number of carboxylic acid groups (broad SMARTS) is 1. The minimum Gasteiger partial charge on any atom is -0.493 e. The molecule has 0 unspecified atom stereocenters. The van der Waals surface area contributed by atoms with E-state index in [1.54, 1.807) is 18.2 Å². The minimum absolute atomic E-state index is 0.0325. The number of benzene rings is 1. The molecule has 0 aliphatic rings. The van der Waals surface area contributed by atoms with E-state index in [1.165, 1.54) is 6.20 Å². The lowest BCUT2D eigenvalue weighted by Crippen LogP contribution is -2.04. The van der Waals surface area contributed by atoms with E-state index in [4.69, 9.17) is 15.1 Å². The lowest BCUT2D eigenvalue weighted by atomic mass is 10.2. The molecule has 0 atom stereocenters. The summed E-state index contributed by atoms with van der Waals surface area (Å²) >= 11 is 0. The molecule has 5 nitrogen and oxygen atoms in total. The molecule has 1 aromatic heterocycles. The lowest BCUT2D eigenvalue weighted by molar-refractivity contribution is -0.137. The summed E-state index contributed by atoms with van der Waals surface area (Å²) in [4.78, 5) is 14.6. The van der Waals surface area contributed by atoms with Crippen molar-refractivity contribution in [1.29, 1.82) is 5.26 Å². The second-order valence-electron chi connectivity index (χ2n) is 4.48. The number of hydrogen-bond acceptors (Lipinski definition) is 4. The van der Waals surface area contributed by atoms with E-state index in [-0.39, 0.29) is 13.0 Å². The summed E-state index contributed by atoms with van der Waals surface area (Å²) in [6.45, 7) is 0.139. The van der Waals surface area contributed by atoms with Gasteiger partial charge in [0.05, 0.1) is 24.3 Å². The van der Waals surface area contributed by atoms with Gasteiger partial charge in [-0.15, -0.1) is 0 Å². The molecule has 2 rings (SSSR count). The zero-order chi connectivity index (χ0) is 15.8. The Labute approximate surface area is 128 Å². The van der Waals surface area contributed by atoms with Crippen molar-refractivity contribution in [1.82, 2.24) is 4.98 Å². The van der Waals surface area contributed by atoms with Gasteiger partial charge in [0.1, 0.15) is 11.8 Å². The van der Waals surface area contributed by atoms with Crippen LogP contribution in [0.25, 0.3) is 12.2 Å². The van der Waals surface area contributed by atoms with Crippen molar-refractivity contribution in [3.05, 3.63) is 59.4 Å². The van der Waals surface area contributed by atoms with Crippen LogP contribution in [0.4, 0.5) is 0 Å². The topological polar surface area (TPSA) is 83.2 Å². The summed E-state index contributed by atoms with van der Waals surface area (Å²) in [5.74, 6) is -0.265. The first-order valence-corrected chi connectivity index (χ1v) is 6.66. The molecule has 0 spiro atoms. The quantitative estimate of drug-likeness (QED) is 0.885. The number of carbonyl (C=O) groups is 1. The van der Waals surface area contributed by atoms with E-state index in [0.717, 1.165) is 11.3 Å². The van der Waals surface area contributed by atoms with Crippen LogP contribution in [0.2, 0.25) is 0 Å². The lowest BCUT2D eigenvalue weighted by Gasteiger charge is -2.05. The molecule has 0 bridgehead atoms. The number of rotatable bonds is 6. The van der Waals surface area contributed by atoms with Crippen molar-refractivity contribution >= 4 is 18.1 Å². The summed E-state index contributed by atoms with van der Waals surface area (Å²) in [5, 5.41) is 17.3. The number of hydrogen-bond donors (Lipinski definition) is 1. The normalized spacial score (nSPS) is 10.3. The van der Waals surface area contributed by atoms with Crippen LogP contribution in [0.1, 0.15) is 23.2 Å². The van der Waals surface area contributed by atoms with Crippen molar-refractivity contribution in [2.24, 2.45) is 0 Å². The average molecular weight is 294 g/mol. The van der Waals surface area contributed by atoms with Gasteiger partial charge in [-0.2, -0.15) is 5.26 Å². The number of nitrogens with zero attached hydrogens (tertiary/aromatic N) is 2. The van der Waals surface area contributed by atoms with Gasteiger partial charge in [0, 0.05) is 6.20 Å². The fraction of sp³-hybridized carbons (Fsp3) is 0.118. The molecule has 1 heterocycles. The maximum absolute atomic E-state index is 10.4. The molecule has 0 aliphatic heterocycles. The highest BCUT2D eigenvalue weighted by Crippen LogP contribution is 2.15. The number of pyridine rings is 1. The molecule has 5 heteroatoms. The van der Waals surface area contributed by atoms with Gasteiger partial charge in [0.2, 0.25) is 0 Å². The van der Waals surface area contributed by atoms with Gasteiger partial charge < -0.3 is 9.84 Å². The van der Waals surface area contributed by atoms with Crippen LogP contribution in [-0.2, 0) is 4.79 Å². The van der Waals surface area contributed by atoms with E-state index in [9.17, 15) is 4.79 Å². The van der Waals surface area contributed by atoms with Gasteiger partial charge in [-0.1, -0.05) is 18.2 Å². The van der Waals surface area contributed by atoms with E-state index in [0.29, 0.717) is 11.3 Å². The van der Waals surface area contributed by atoms with Gasteiger partial charge in [-0.25, -0.2) is 0 Å². The molecule has 22 heavy (non-hydrogen) atoms. The minimum atomic E-state index is -0.886. The van der Waals surface area contributed by atoms with Crippen LogP contribution in [-0.4, -0.2) is 22.7 Å². The van der Waals surface area contributed by atoms with Gasteiger partial charge in [-0.3, -0.25) is 9.78 Å². The third-order valence-corrected chi connectivity index (χ3v) is 2.80. The highest BCUT2D eigenvalue weighted by Gasteiger charge is 1.99. The predicted molar refractivity (Wildman–Crippen MR) is 82.1 cm³/mol. The molecule has 110 valence electrons. The molecule has 0 fully saturated rings. The molecule has 0 radical (unpaired) electrons. The van der Waals surface area contributed by atoms with E-state index in [1.807, 2.05) is 36.4 Å². The molecule has 0 amide bonds. The van der Waals surface area contributed by atoms with E-state index < -0.39 is 5.97 Å². The zero-order valence-corrected chi connectivity index (χ0v) is 11.8. The average Bonchev–Trinajstić information content (AvgIpc) is 2.53. The predicted octanol–water partition coefficient (Wildman–Crippen LogP) is 2.98. The number of aliphatic carboxylic acids is 1. The van der Waals surface area contributed by atoms with Crippen LogP contribution in [0.5, 0.6) is 5.75 Å². The summed E-state index contributed by atoms with van der Waals surface area (Å²) in [5.41, 5.74) is 2.18. The third-order valence-electron chi connectivity index (χ3n) is 2.80. The number of nitriles is 1. The molecule has 1 aromatic carbocycles. The first-order valence-electron chi connectivity index (χ1n) is 6.66. The van der Waals surface area contributed by atoms with Crippen molar-refractivity contribution in [2.75, 3.05) is 6.61 Å². The standard InChI is InChI=1S/C17H14N2O3/c18-11-14-5-7-15(19-12-14)6-4-13-2-1-3-16(10-13)22-9-8-17(20)21/h1-7,10,12H,8-9H2,(H,20,21)/b6-4+. The molecule has 2 aromatic rings. The van der Waals surface area contributed by atoms with Crippen LogP contribution >= 0.6 is 0 Å². The smallest absolute Gasteiger partial charge is 0.306 e. The Morgan fingerprint density at radius 3 is 2.86 bits per heavy atom. The van der Waals surface area contributed by atoms with Crippen molar-refractivity contribution in [3.63, 3.8) is 0 Å². The first kappa shape index (κ1) is 15.3. The zero-order valence-electron chi connectivity index (χ0n) is 11.8. The summed E-state index contributed by atoms with van der Waals surface area (Å²) in [7, 11) is 0. The third kappa shape index (κ3) is 4.76. The van der Waals surface area contributed by atoms with E-state index >= 15 is 0 Å². The summed E-state index contributed by atoms with van der Waals surface area (Å²) in [6, 6.07) is 12.8. The molecular weight excluding hydrogens is 280 g/mol. The van der Waals surface area contributed by atoms with E-state index in [2.05, 4.69) is 4.98 Å². The number of carboxylic acids is 1. The fourth-order valence-electron chi connectivity index (χ4n) is 1.72. The Bertz CT molecular complexity index is 715. The maximum atomic E-state index is 10.4. The molecule has 0 aliphatic carbocycles. The molecule has 0 saturated carbocycles. The van der Waals surface area contributed by atoms with Crippen LogP contribution in [0.15, 0.2) is 42.6 Å². The van der Waals surface area contributed by atoms with Crippen molar-refractivity contribution < 1.29 is 14.6 Å². The van der Waals surface area contributed by atoms with Crippen LogP contribution < -0.4 is 4.74 Å². The Kier molecular flexibility index (Phi) is 5.27. The highest BCUT2D eigenvalue weighted by molar-refractivity contribution is 5.69. The van der Waals surface area contributed by atoms with Gasteiger partial charge >= 0.3 is 5.97 Å². The number of aromatic nitrogens is 1. The highest BCUT2D eigenvalue weighted by atomic mass is 16.5.